The Hall–Kier alpha value is -3.36. The number of aryl methyl sites for hydroxylation is 1. The van der Waals surface area contributed by atoms with Crippen molar-refractivity contribution >= 4 is 44.8 Å². The Morgan fingerprint density at radius 3 is 2.24 bits per heavy atom. The summed E-state index contributed by atoms with van der Waals surface area (Å²) in [6.07, 6.45) is 0.772. The summed E-state index contributed by atoms with van der Waals surface area (Å²) in [6.45, 7) is 3.84. The van der Waals surface area contributed by atoms with Gasteiger partial charge in [0.1, 0.15) is 6.54 Å². The molecule has 0 saturated heterocycles. The molecule has 178 valence electrons. The van der Waals surface area contributed by atoms with E-state index in [1.807, 2.05) is 13.8 Å². The number of carbonyl (C=O) groups is 2. The molecule has 0 atom stereocenters. The summed E-state index contributed by atoms with van der Waals surface area (Å²) in [4.78, 5) is 25.5. The van der Waals surface area contributed by atoms with E-state index in [0.717, 1.165) is 16.3 Å². The highest BCUT2D eigenvalue weighted by molar-refractivity contribution is 7.92. The number of anilines is 2. The lowest BCUT2D eigenvalue weighted by molar-refractivity contribution is -0.114. The van der Waals surface area contributed by atoms with E-state index in [2.05, 4.69) is 10.6 Å². The molecule has 0 bridgehead atoms. The Morgan fingerprint density at radius 1 is 0.941 bits per heavy atom. The van der Waals surface area contributed by atoms with Crippen LogP contribution in [0.3, 0.4) is 0 Å². The standard InChI is InChI=1S/C25H26ClN3O4S/c1-3-16-27-25(31)22-6-4-5-7-23(22)28-24(30)17-29(20-12-8-18(2)9-13-20)34(32,33)21-14-10-19(26)11-15-21/h4-15H,3,16-17H2,1-2H3,(H,27,31)(H,28,30). The van der Waals surface area contributed by atoms with Gasteiger partial charge in [0.25, 0.3) is 15.9 Å². The summed E-state index contributed by atoms with van der Waals surface area (Å²) >= 11 is 5.92. The predicted octanol–water partition coefficient (Wildman–Crippen LogP) is 4.62. The van der Waals surface area contributed by atoms with Crippen molar-refractivity contribution in [1.29, 1.82) is 0 Å². The van der Waals surface area contributed by atoms with Crippen molar-refractivity contribution in [3.63, 3.8) is 0 Å². The molecule has 0 aromatic heterocycles. The molecule has 3 rings (SSSR count). The first-order valence-corrected chi connectivity index (χ1v) is 12.6. The molecule has 3 aromatic carbocycles. The van der Waals surface area contributed by atoms with Crippen LogP contribution in [0.2, 0.25) is 5.02 Å². The minimum absolute atomic E-state index is 0.00428. The first-order chi connectivity index (χ1) is 16.2. The fourth-order valence-corrected chi connectivity index (χ4v) is 4.75. The summed E-state index contributed by atoms with van der Waals surface area (Å²) in [6, 6.07) is 19.1. The van der Waals surface area contributed by atoms with Crippen molar-refractivity contribution < 1.29 is 18.0 Å². The molecule has 2 amide bonds. The van der Waals surface area contributed by atoms with Gasteiger partial charge in [-0.3, -0.25) is 13.9 Å². The lowest BCUT2D eigenvalue weighted by atomic mass is 10.1. The molecular weight excluding hydrogens is 474 g/mol. The van der Waals surface area contributed by atoms with Gasteiger partial charge in [0.2, 0.25) is 5.91 Å². The highest BCUT2D eigenvalue weighted by atomic mass is 35.5. The van der Waals surface area contributed by atoms with E-state index in [9.17, 15) is 18.0 Å². The van der Waals surface area contributed by atoms with Crippen LogP contribution in [0.1, 0.15) is 29.3 Å². The highest BCUT2D eigenvalue weighted by Crippen LogP contribution is 2.25. The summed E-state index contributed by atoms with van der Waals surface area (Å²) < 4.78 is 27.9. The lowest BCUT2D eigenvalue weighted by Crippen LogP contribution is -2.38. The monoisotopic (exact) mass is 499 g/mol. The molecule has 0 saturated carbocycles. The van der Waals surface area contributed by atoms with Gasteiger partial charge < -0.3 is 10.6 Å². The molecule has 3 aromatic rings. The summed E-state index contributed by atoms with van der Waals surface area (Å²) in [5, 5.41) is 5.86. The van der Waals surface area contributed by atoms with Crippen molar-refractivity contribution in [2.75, 3.05) is 22.7 Å². The second-order valence-corrected chi connectivity index (χ2v) is 9.95. The molecule has 0 heterocycles. The molecule has 0 spiro atoms. The maximum atomic E-state index is 13.4. The van der Waals surface area contributed by atoms with Crippen LogP contribution >= 0.6 is 11.6 Å². The molecule has 0 radical (unpaired) electrons. The topological polar surface area (TPSA) is 95.6 Å². The quantitative estimate of drug-likeness (QED) is 0.449. The van der Waals surface area contributed by atoms with E-state index in [-0.39, 0.29) is 10.8 Å². The minimum atomic E-state index is -4.07. The van der Waals surface area contributed by atoms with Crippen molar-refractivity contribution in [1.82, 2.24) is 5.32 Å². The number of rotatable bonds is 9. The molecule has 0 aliphatic rings. The predicted molar refractivity (Wildman–Crippen MR) is 135 cm³/mol. The summed E-state index contributed by atoms with van der Waals surface area (Å²) in [5.41, 5.74) is 1.88. The molecule has 0 fully saturated rings. The number of carbonyl (C=O) groups excluding carboxylic acids is 2. The Morgan fingerprint density at radius 2 is 1.59 bits per heavy atom. The lowest BCUT2D eigenvalue weighted by Gasteiger charge is -2.24. The van der Waals surface area contributed by atoms with Crippen molar-refractivity contribution in [3.8, 4) is 0 Å². The van der Waals surface area contributed by atoms with Crippen LogP contribution in [-0.4, -0.2) is 33.3 Å². The number of nitrogens with one attached hydrogen (secondary N) is 2. The van der Waals surface area contributed by atoms with E-state index < -0.39 is 22.5 Å². The van der Waals surface area contributed by atoms with Crippen molar-refractivity contribution in [3.05, 3.63) is 88.9 Å². The minimum Gasteiger partial charge on any atom is -0.352 e. The van der Waals surface area contributed by atoms with Gasteiger partial charge in [0.15, 0.2) is 0 Å². The highest BCUT2D eigenvalue weighted by Gasteiger charge is 2.27. The summed E-state index contributed by atoms with van der Waals surface area (Å²) in [5.74, 6) is -0.907. The molecular formula is C25H26ClN3O4S. The van der Waals surface area contributed by atoms with Gasteiger partial charge in [-0.25, -0.2) is 8.42 Å². The number of para-hydroxylation sites is 1. The fourth-order valence-electron chi connectivity index (χ4n) is 3.20. The Kier molecular flexibility index (Phi) is 8.31. The number of hydrogen-bond donors (Lipinski definition) is 2. The van der Waals surface area contributed by atoms with Crippen LogP contribution in [0, 0.1) is 6.92 Å². The zero-order valence-electron chi connectivity index (χ0n) is 18.9. The van der Waals surface area contributed by atoms with Gasteiger partial charge in [-0.15, -0.1) is 0 Å². The Balaban J connectivity index is 1.91. The Labute approximate surface area is 204 Å². The van der Waals surface area contributed by atoms with Gasteiger partial charge in [0, 0.05) is 11.6 Å². The zero-order chi connectivity index (χ0) is 24.7. The third-order valence-electron chi connectivity index (χ3n) is 4.99. The van der Waals surface area contributed by atoms with E-state index >= 15 is 0 Å². The van der Waals surface area contributed by atoms with E-state index in [0.29, 0.717) is 28.5 Å². The molecule has 2 N–H and O–H groups in total. The molecule has 0 aliphatic heterocycles. The average Bonchev–Trinajstić information content (AvgIpc) is 2.82. The third-order valence-corrected chi connectivity index (χ3v) is 7.03. The van der Waals surface area contributed by atoms with Crippen molar-refractivity contribution in [2.45, 2.75) is 25.2 Å². The second-order valence-electron chi connectivity index (χ2n) is 7.65. The molecule has 9 heteroatoms. The normalized spacial score (nSPS) is 11.0. The molecule has 34 heavy (non-hydrogen) atoms. The first kappa shape index (κ1) is 25.3. The maximum absolute atomic E-state index is 13.4. The number of amides is 2. The van der Waals surface area contributed by atoms with Crippen molar-refractivity contribution in [2.24, 2.45) is 0 Å². The molecule has 7 nitrogen and oxygen atoms in total. The van der Waals surface area contributed by atoms with Gasteiger partial charge in [-0.2, -0.15) is 0 Å². The SMILES string of the molecule is CCCNC(=O)c1ccccc1NC(=O)CN(c1ccc(C)cc1)S(=O)(=O)c1ccc(Cl)cc1. The van der Waals surface area contributed by atoms with E-state index in [1.54, 1.807) is 48.5 Å². The number of sulfonamides is 1. The average molecular weight is 500 g/mol. The van der Waals surface area contributed by atoms with E-state index in [4.69, 9.17) is 11.6 Å². The maximum Gasteiger partial charge on any atom is 0.264 e. The molecule has 0 aliphatic carbocycles. The number of halogens is 1. The second kappa shape index (κ2) is 11.2. The fraction of sp³-hybridized carbons (Fsp3) is 0.200. The van der Waals surface area contributed by atoms with Crippen LogP contribution in [0.4, 0.5) is 11.4 Å². The van der Waals surface area contributed by atoms with Gasteiger partial charge >= 0.3 is 0 Å². The smallest absolute Gasteiger partial charge is 0.264 e. The van der Waals surface area contributed by atoms with Crippen LogP contribution in [0.15, 0.2) is 77.7 Å². The van der Waals surface area contributed by atoms with E-state index in [1.165, 1.54) is 24.3 Å². The largest absolute Gasteiger partial charge is 0.352 e. The van der Waals surface area contributed by atoms with Crippen LogP contribution in [0.25, 0.3) is 0 Å². The van der Waals surface area contributed by atoms with Crippen LogP contribution in [0.5, 0.6) is 0 Å². The Bertz CT molecular complexity index is 1260. The zero-order valence-corrected chi connectivity index (χ0v) is 20.5. The van der Waals surface area contributed by atoms with Gasteiger partial charge in [-0.05, 0) is 61.9 Å². The number of nitrogens with zero attached hydrogens (tertiary/aromatic N) is 1. The van der Waals surface area contributed by atoms with Crippen LogP contribution < -0.4 is 14.9 Å². The third kappa shape index (κ3) is 6.15. The van der Waals surface area contributed by atoms with Gasteiger partial charge in [-0.1, -0.05) is 48.4 Å². The first-order valence-electron chi connectivity index (χ1n) is 10.7. The van der Waals surface area contributed by atoms with Gasteiger partial charge in [0.05, 0.1) is 21.8 Å². The van der Waals surface area contributed by atoms with Crippen LogP contribution in [-0.2, 0) is 14.8 Å². The molecule has 0 unspecified atom stereocenters. The number of hydrogen-bond acceptors (Lipinski definition) is 4. The summed E-state index contributed by atoms with van der Waals surface area (Å²) in [7, 11) is -4.07. The number of benzene rings is 3.